The second-order valence-electron chi connectivity index (χ2n) is 4.23. The topological polar surface area (TPSA) is 26.3 Å². The highest BCUT2D eigenvalue weighted by Crippen LogP contribution is 2.23. The predicted molar refractivity (Wildman–Crippen MR) is 78.3 cm³/mol. The molecule has 0 N–H and O–H groups in total. The number of carbonyl (C=O) groups is 1. The van der Waals surface area contributed by atoms with Crippen molar-refractivity contribution in [3.05, 3.63) is 64.4 Å². The van der Waals surface area contributed by atoms with Gasteiger partial charge in [-0.05, 0) is 40.4 Å². The molecule has 0 bridgehead atoms. The lowest BCUT2D eigenvalue weighted by Crippen LogP contribution is -1.98. The average Bonchev–Trinajstić information content (AvgIpc) is 2.99. The molecule has 94 valence electrons. The fourth-order valence-corrected chi connectivity index (χ4v) is 2.73. The molecule has 0 unspecified atom stereocenters. The van der Waals surface area contributed by atoms with Gasteiger partial charge < -0.3 is 4.74 Å². The molecule has 0 saturated carbocycles. The molecule has 0 spiro atoms. The van der Waals surface area contributed by atoms with E-state index < -0.39 is 0 Å². The molecule has 0 amide bonds. The van der Waals surface area contributed by atoms with Crippen molar-refractivity contribution < 1.29 is 9.53 Å². The summed E-state index contributed by atoms with van der Waals surface area (Å²) < 4.78 is 5.19. The zero-order valence-corrected chi connectivity index (χ0v) is 11.2. The Morgan fingerprint density at radius 2 is 1.84 bits per heavy atom. The number of thiophene rings is 1. The number of rotatable bonds is 3. The summed E-state index contributed by atoms with van der Waals surface area (Å²) in [7, 11) is 1.65. The minimum Gasteiger partial charge on any atom is -0.497 e. The maximum atomic E-state index is 12.3. The van der Waals surface area contributed by atoms with Gasteiger partial charge in [0.25, 0.3) is 0 Å². The number of hydrogen-bond donors (Lipinski definition) is 0. The Morgan fingerprint density at radius 1 is 1.05 bits per heavy atom. The van der Waals surface area contributed by atoms with Crippen LogP contribution in [0.15, 0.2) is 53.9 Å². The highest BCUT2D eigenvalue weighted by molar-refractivity contribution is 7.12. The molecule has 0 aliphatic carbocycles. The molecule has 3 rings (SSSR count). The average molecular weight is 268 g/mol. The van der Waals surface area contributed by atoms with Gasteiger partial charge in [-0.25, -0.2) is 0 Å². The van der Waals surface area contributed by atoms with Gasteiger partial charge in [0.1, 0.15) is 5.75 Å². The third-order valence-corrected chi connectivity index (χ3v) is 3.92. The smallest absolute Gasteiger partial charge is 0.202 e. The van der Waals surface area contributed by atoms with E-state index in [2.05, 4.69) is 0 Å². The molecule has 3 aromatic rings. The largest absolute Gasteiger partial charge is 0.497 e. The molecule has 0 radical (unpaired) electrons. The van der Waals surface area contributed by atoms with E-state index in [0.29, 0.717) is 0 Å². The monoisotopic (exact) mass is 268 g/mol. The fraction of sp³-hybridized carbons (Fsp3) is 0.0625. The summed E-state index contributed by atoms with van der Waals surface area (Å²) >= 11 is 1.47. The number of ether oxygens (including phenoxy) is 1. The van der Waals surface area contributed by atoms with Crippen molar-refractivity contribution >= 4 is 27.9 Å². The highest BCUT2D eigenvalue weighted by Gasteiger charge is 2.10. The van der Waals surface area contributed by atoms with Crippen molar-refractivity contribution in [2.24, 2.45) is 0 Å². The number of fused-ring (bicyclic) bond motifs is 1. The molecule has 2 aromatic carbocycles. The molecule has 2 nitrogen and oxygen atoms in total. The van der Waals surface area contributed by atoms with Crippen LogP contribution < -0.4 is 4.74 Å². The van der Waals surface area contributed by atoms with Crippen LogP contribution in [0.2, 0.25) is 0 Å². The Bertz CT molecular complexity index is 730. The zero-order chi connectivity index (χ0) is 13.2. The van der Waals surface area contributed by atoms with E-state index in [1.165, 1.54) is 11.3 Å². The molecule has 0 atom stereocenters. The molecule has 0 fully saturated rings. The summed E-state index contributed by atoms with van der Waals surface area (Å²) in [6.07, 6.45) is 0. The van der Waals surface area contributed by atoms with Crippen LogP contribution in [-0.2, 0) is 0 Å². The van der Waals surface area contributed by atoms with Gasteiger partial charge >= 0.3 is 0 Å². The van der Waals surface area contributed by atoms with Crippen LogP contribution in [0.5, 0.6) is 5.75 Å². The molecule has 0 aliphatic heterocycles. The maximum Gasteiger partial charge on any atom is 0.202 e. The van der Waals surface area contributed by atoms with E-state index in [4.69, 9.17) is 4.74 Å². The fourth-order valence-electron chi connectivity index (χ4n) is 2.04. The van der Waals surface area contributed by atoms with E-state index in [1.54, 1.807) is 7.11 Å². The van der Waals surface area contributed by atoms with Gasteiger partial charge in [0.2, 0.25) is 5.78 Å². The van der Waals surface area contributed by atoms with Gasteiger partial charge in [0, 0.05) is 5.56 Å². The lowest BCUT2D eigenvalue weighted by molar-refractivity contribution is 0.104. The molecule has 0 aliphatic rings. The first kappa shape index (κ1) is 11.9. The SMILES string of the molecule is COc1ccc2cc(C(=O)c3cccs3)ccc2c1. The summed E-state index contributed by atoms with van der Waals surface area (Å²) in [6, 6.07) is 15.3. The Labute approximate surface area is 115 Å². The van der Waals surface area contributed by atoms with Crippen LogP contribution >= 0.6 is 11.3 Å². The highest BCUT2D eigenvalue weighted by atomic mass is 32.1. The van der Waals surface area contributed by atoms with Crippen LogP contribution in [0.3, 0.4) is 0 Å². The van der Waals surface area contributed by atoms with Crippen molar-refractivity contribution in [2.75, 3.05) is 7.11 Å². The van der Waals surface area contributed by atoms with E-state index in [0.717, 1.165) is 27.0 Å². The molecule has 3 heteroatoms. The Morgan fingerprint density at radius 3 is 2.58 bits per heavy atom. The van der Waals surface area contributed by atoms with Gasteiger partial charge in [-0.1, -0.05) is 24.3 Å². The molecule has 1 aromatic heterocycles. The van der Waals surface area contributed by atoms with Gasteiger partial charge in [-0.15, -0.1) is 11.3 Å². The van der Waals surface area contributed by atoms with Crippen molar-refractivity contribution in [1.29, 1.82) is 0 Å². The molecule has 1 heterocycles. The first-order valence-corrected chi connectivity index (χ1v) is 6.82. The lowest BCUT2D eigenvalue weighted by atomic mass is 10.0. The first-order chi connectivity index (χ1) is 9.28. The number of ketones is 1. The Hall–Kier alpha value is -2.13. The zero-order valence-electron chi connectivity index (χ0n) is 10.4. The number of benzene rings is 2. The van der Waals surface area contributed by atoms with E-state index >= 15 is 0 Å². The van der Waals surface area contributed by atoms with Crippen LogP contribution in [0.1, 0.15) is 15.2 Å². The Kier molecular flexibility index (Phi) is 3.05. The first-order valence-electron chi connectivity index (χ1n) is 5.94. The van der Waals surface area contributed by atoms with E-state index in [1.807, 2.05) is 53.9 Å². The molecular weight excluding hydrogens is 256 g/mol. The van der Waals surface area contributed by atoms with Gasteiger partial charge in [0.05, 0.1) is 12.0 Å². The summed E-state index contributed by atoms with van der Waals surface area (Å²) in [5.74, 6) is 0.901. The molecule has 19 heavy (non-hydrogen) atoms. The van der Waals surface area contributed by atoms with Crippen LogP contribution in [0, 0.1) is 0 Å². The summed E-state index contributed by atoms with van der Waals surface area (Å²) in [6.45, 7) is 0. The van der Waals surface area contributed by atoms with E-state index in [9.17, 15) is 4.79 Å². The Balaban J connectivity index is 2.05. The normalized spacial score (nSPS) is 10.6. The summed E-state index contributed by atoms with van der Waals surface area (Å²) in [4.78, 5) is 13.0. The quantitative estimate of drug-likeness (QED) is 0.667. The molecular formula is C16H12O2S. The predicted octanol–water partition coefficient (Wildman–Crippen LogP) is 4.14. The number of methoxy groups -OCH3 is 1. The van der Waals surface area contributed by atoms with Crippen molar-refractivity contribution in [3.8, 4) is 5.75 Å². The van der Waals surface area contributed by atoms with Crippen LogP contribution in [0.25, 0.3) is 10.8 Å². The standard InChI is InChI=1S/C16H12O2S/c1-18-14-7-6-11-9-13(5-4-12(11)10-14)16(17)15-3-2-8-19-15/h2-10H,1H3. The lowest BCUT2D eigenvalue weighted by Gasteiger charge is -2.04. The van der Waals surface area contributed by atoms with Gasteiger partial charge in [-0.3, -0.25) is 4.79 Å². The second-order valence-corrected chi connectivity index (χ2v) is 5.18. The minimum absolute atomic E-state index is 0.0766. The summed E-state index contributed by atoms with van der Waals surface area (Å²) in [5.41, 5.74) is 0.722. The van der Waals surface area contributed by atoms with Crippen LogP contribution in [-0.4, -0.2) is 12.9 Å². The molecule has 0 saturated heterocycles. The number of hydrogen-bond acceptors (Lipinski definition) is 3. The third-order valence-electron chi connectivity index (χ3n) is 3.05. The van der Waals surface area contributed by atoms with E-state index in [-0.39, 0.29) is 5.78 Å². The van der Waals surface area contributed by atoms with Gasteiger partial charge in [0.15, 0.2) is 0 Å². The van der Waals surface area contributed by atoms with Crippen molar-refractivity contribution in [1.82, 2.24) is 0 Å². The number of carbonyl (C=O) groups excluding carboxylic acids is 1. The second kappa shape index (κ2) is 4.86. The maximum absolute atomic E-state index is 12.3. The van der Waals surface area contributed by atoms with Gasteiger partial charge in [-0.2, -0.15) is 0 Å². The summed E-state index contributed by atoms with van der Waals surface area (Å²) in [5, 5.41) is 4.03. The third kappa shape index (κ3) is 2.25. The minimum atomic E-state index is 0.0766. The van der Waals surface area contributed by atoms with Crippen LogP contribution in [0.4, 0.5) is 0 Å². The van der Waals surface area contributed by atoms with Crippen molar-refractivity contribution in [3.63, 3.8) is 0 Å². The van der Waals surface area contributed by atoms with Crippen molar-refractivity contribution in [2.45, 2.75) is 0 Å².